The van der Waals surface area contributed by atoms with E-state index in [1.807, 2.05) is 60.6 Å². The molecule has 1 unspecified atom stereocenters. The lowest BCUT2D eigenvalue weighted by Crippen LogP contribution is -2.40. The Morgan fingerprint density at radius 2 is 1.52 bits per heavy atom. The van der Waals surface area contributed by atoms with Gasteiger partial charge in [0, 0.05) is 11.1 Å². The molecule has 0 aliphatic heterocycles. The molecule has 0 spiro atoms. The third-order valence-electron chi connectivity index (χ3n) is 2.89. The molecule has 2 N–H and O–H groups in total. The van der Waals surface area contributed by atoms with Gasteiger partial charge in [0.05, 0.1) is 6.04 Å². The SMILES string of the molecule is CC(NC(=O)OC(C)(C)C)c1ccc(C(=O)NC(C)(C)C)cc1. The number of ether oxygens (including phenoxy) is 1. The summed E-state index contributed by atoms with van der Waals surface area (Å²) >= 11 is 0. The zero-order valence-corrected chi connectivity index (χ0v) is 15.1. The molecule has 5 nitrogen and oxygen atoms in total. The third kappa shape index (κ3) is 7.17. The van der Waals surface area contributed by atoms with Crippen molar-refractivity contribution in [3.63, 3.8) is 0 Å². The molecule has 1 aromatic carbocycles. The molecular formula is C18H28N2O3. The highest BCUT2D eigenvalue weighted by atomic mass is 16.6. The lowest BCUT2D eigenvalue weighted by molar-refractivity contribution is 0.0507. The summed E-state index contributed by atoms with van der Waals surface area (Å²) in [6, 6.07) is 6.97. The number of hydrogen-bond donors (Lipinski definition) is 2. The molecule has 0 fully saturated rings. The highest BCUT2D eigenvalue weighted by molar-refractivity contribution is 5.94. The summed E-state index contributed by atoms with van der Waals surface area (Å²) in [4.78, 5) is 23.9. The van der Waals surface area contributed by atoms with Crippen LogP contribution in [0.3, 0.4) is 0 Å². The van der Waals surface area contributed by atoms with Crippen LogP contribution in [0.4, 0.5) is 4.79 Å². The molecule has 23 heavy (non-hydrogen) atoms. The van der Waals surface area contributed by atoms with Crippen molar-refractivity contribution in [3.05, 3.63) is 35.4 Å². The van der Waals surface area contributed by atoms with Gasteiger partial charge < -0.3 is 15.4 Å². The molecule has 0 bridgehead atoms. The van der Waals surface area contributed by atoms with Gasteiger partial charge in [0.15, 0.2) is 0 Å². The third-order valence-corrected chi connectivity index (χ3v) is 2.89. The predicted octanol–water partition coefficient (Wildman–Crippen LogP) is 3.80. The maximum Gasteiger partial charge on any atom is 0.408 e. The number of carbonyl (C=O) groups excluding carboxylic acids is 2. The first-order valence-electron chi connectivity index (χ1n) is 7.79. The topological polar surface area (TPSA) is 67.4 Å². The van der Waals surface area contributed by atoms with Crippen molar-refractivity contribution in [3.8, 4) is 0 Å². The van der Waals surface area contributed by atoms with Crippen LogP contribution in [-0.2, 0) is 4.74 Å². The molecule has 0 aromatic heterocycles. The second-order valence-corrected chi connectivity index (χ2v) is 7.69. The molecule has 0 heterocycles. The van der Waals surface area contributed by atoms with Crippen LogP contribution < -0.4 is 10.6 Å². The molecule has 0 saturated carbocycles. The molecule has 2 amide bonds. The summed E-state index contributed by atoms with van der Waals surface area (Å²) < 4.78 is 5.23. The Hall–Kier alpha value is -2.04. The summed E-state index contributed by atoms with van der Waals surface area (Å²) in [5.41, 5.74) is 0.691. The zero-order chi connectivity index (χ0) is 17.8. The van der Waals surface area contributed by atoms with E-state index in [4.69, 9.17) is 4.74 Å². The summed E-state index contributed by atoms with van der Waals surface area (Å²) in [5.74, 6) is -0.114. The highest BCUT2D eigenvalue weighted by Crippen LogP contribution is 2.15. The fourth-order valence-electron chi connectivity index (χ4n) is 1.90. The van der Waals surface area contributed by atoms with E-state index in [1.165, 1.54) is 0 Å². The number of hydrogen-bond acceptors (Lipinski definition) is 3. The number of rotatable bonds is 3. The van der Waals surface area contributed by atoms with Crippen LogP contribution in [0.15, 0.2) is 24.3 Å². The Morgan fingerprint density at radius 1 is 1.00 bits per heavy atom. The molecule has 0 aliphatic carbocycles. The van der Waals surface area contributed by atoms with Crippen LogP contribution in [0.5, 0.6) is 0 Å². The van der Waals surface area contributed by atoms with Crippen LogP contribution in [0.1, 0.15) is 70.4 Å². The highest BCUT2D eigenvalue weighted by Gasteiger charge is 2.19. The van der Waals surface area contributed by atoms with Crippen molar-refractivity contribution in [1.29, 1.82) is 0 Å². The van der Waals surface area contributed by atoms with Crippen molar-refractivity contribution < 1.29 is 14.3 Å². The second-order valence-electron chi connectivity index (χ2n) is 7.69. The molecule has 5 heteroatoms. The lowest BCUT2D eigenvalue weighted by Gasteiger charge is -2.22. The van der Waals surface area contributed by atoms with E-state index < -0.39 is 11.7 Å². The largest absolute Gasteiger partial charge is 0.444 e. The Kier molecular flexibility index (Phi) is 5.81. The second kappa shape index (κ2) is 7.02. The van der Waals surface area contributed by atoms with Gasteiger partial charge in [-0.2, -0.15) is 0 Å². The Morgan fingerprint density at radius 3 is 1.96 bits per heavy atom. The minimum atomic E-state index is -0.529. The monoisotopic (exact) mass is 320 g/mol. The lowest BCUT2D eigenvalue weighted by atomic mass is 10.0. The summed E-state index contributed by atoms with van der Waals surface area (Å²) in [7, 11) is 0. The van der Waals surface area contributed by atoms with Crippen molar-refractivity contribution in [2.75, 3.05) is 0 Å². The van der Waals surface area contributed by atoms with E-state index in [-0.39, 0.29) is 17.5 Å². The molecule has 128 valence electrons. The Labute approximate surface area is 138 Å². The number of benzene rings is 1. The van der Waals surface area contributed by atoms with Crippen molar-refractivity contribution in [1.82, 2.24) is 10.6 Å². The van der Waals surface area contributed by atoms with E-state index in [0.717, 1.165) is 5.56 Å². The molecule has 1 rings (SSSR count). The maximum absolute atomic E-state index is 12.1. The average Bonchev–Trinajstić information content (AvgIpc) is 2.34. The number of amides is 2. The van der Waals surface area contributed by atoms with E-state index in [1.54, 1.807) is 12.1 Å². The van der Waals surface area contributed by atoms with Gasteiger partial charge >= 0.3 is 6.09 Å². The number of alkyl carbamates (subject to hydrolysis) is 1. The predicted molar refractivity (Wildman–Crippen MR) is 91.4 cm³/mol. The first-order chi connectivity index (χ1) is 10.4. The molecule has 1 atom stereocenters. The smallest absolute Gasteiger partial charge is 0.408 e. The van der Waals surface area contributed by atoms with Gasteiger partial charge in [-0.1, -0.05) is 12.1 Å². The zero-order valence-electron chi connectivity index (χ0n) is 15.1. The summed E-state index contributed by atoms with van der Waals surface area (Å²) in [6.07, 6.45) is -0.459. The number of nitrogens with one attached hydrogen (secondary N) is 2. The van der Waals surface area contributed by atoms with Crippen molar-refractivity contribution in [2.45, 2.75) is 65.6 Å². The molecule has 1 aromatic rings. The fourth-order valence-corrected chi connectivity index (χ4v) is 1.90. The standard InChI is InChI=1S/C18H28N2O3/c1-12(19-16(22)23-18(5,6)7)13-8-10-14(11-9-13)15(21)20-17(2,3)4/h8-12H,1-7H3,(H,19,22)(H,20,21). The van der Waals surface area contributed by atoms with E-state index in [0.29, 0.717) is 5.56 Å². The van der Waals surface area contributed by atoms with Crippen LogP contribution in [-0.4, -0.2) is 23.1 Å². The Balaban J connectivity index is 2.69. The molecule has 0 saturated heterocycles. The normalized spacial score (nSPS) is 13.2. The van der Waals surface area contributed by atoms with E-state index in [9.17, 15) is 9.59 Å². The van der Waals surface area contributed by atoms with Crippen LogP contribution in [0.25, 0.3) is 0 Å². The van der Waals surface area contributed by atoms with Crippen LogP contribution >= 0.6 is 0 Å². The first kappa shape index (κ1) is 19.0. The van der Waals surface area contributed by atoms with E-state index >= 15 is 0 Å². The van der Waals surface area contributed by atoms with Gasteiger partial charge in [-0.15, -0.1) is 0 Å². The van der Waals surface area contributed by atoms with Gasteiger partial charge in [-0.25, -0.2) is 4.79 Å². The molecule has 0 aliphatic rings. The van der Waals surface area contributed by atoms with Crippen molar-refractivity contribution >= 4 is 12.0 Å². The van der Waals surface area contributed by atoms with Gasteiger partial charge in [0.25, 0.3) is 5.91 Å². The summed E-state index contributed by atoms with van der Waals surface area (Å²) in [6.45, 7) is 13.1. The summed E-state index contributed by atoms with van der Waals surface area (Å²) in [5, 5.41) is 5.69. The minimum Gasteiger partial charge on any atom is -0.444 e. The fraction of sp³-hybridized carbons (Fsp3) is 0.556. The molecular weight excluding hydrogens is 292 g/mol. The van der Waals surface area contributed by atoms with Crippen molar-refractivity contribution in [2.24, 2.45) is 0 Å². The van der Waals surface area contributed by atoms with Crippen LogP contribution in [0.2, 0.25) is 0 Å². The quantitative estimate of drug-likeness (QED) is 0.890. The van der Waals surface area contributed by atoms with Gasteiger partial charge in [0.1, 0.15) is 5.60 Å². The minimum absolute atomic E-state index is 0.114. The van der Waals surface area contributed by atoms with Crippen LogP contribution in [0, 0.1) is 0 Å². The Bertz CT molecular complexity index is 551. The average molecular weight is 320 g/mol. The van der Waals surface area contributed by atoms with Gasteiger partial charge in [-0.3, -0.25) is 4.79 Å². The van der Waals surface area contributed by atoms with E-state index in [2.05, 4.69) is 10.6 Å². The van der Waals surface area contributed by atoms with Gasteiger partial charge in [-0.05, 0) is 66.2 Å². The molecule has 0 radical (unpaired) electrons. The van der Waals surface area contributed by atoms with Gasteiger partial charge in [0.2, 0.25) is 0 Å². The number of carbonyl (C=O) groups is 2. The maximum atomic E-state index is 12.1. The first-order valence-corrected chi connectivity index (χ1v) is 7.79.